The molecule has 2 N–H and O–H groups in total. The number of aryl methyl sites for hydroxylation is 1. The second kappa shape index (κ2) is 9.78. The summed E-state index contributed by atoms with van der Waals surface area (Å²) >= 11 is 0.832. The first-order valence-corrected chi connectivity index (χ1v) is 11.0. The average molecular weight is 468 g/mol. The third-order valence-electron chi connectivity index (χ3n) is 4.90. The number of hydrogen-bond acceptors (Lipinski definition) is 7. The molecule has 2 aliphatic rings. The number of rotatable bonds is 5. The third-order valence-corrected chi connectivity index (χ3v) is 5.81. The average Bonchev–Trinajstić information content (AvgIpc) is 3.07. The molecule has 0 bridgehead atoms. The lowest BCUT2D eigenvalue weighted by Crippen LogP contribution is -2.51. The minimum Gasteiger partial charge on any atom is -0.485 e. The number of benzene rings is 2. The number of nitrogens with one attached hydrogen (secondary N) is 2. The van der Waals surface area contributed by atoms with E-state index in [4.69, 9.17) is 9.47 Å². The van der Waals surface area contributed by atoms with Crippen molar-refractivity contribution >= 4 is 40.8 Å². The van der Waals surface area contributed by atoms with Gasteiger partial charge in [-0.3, -0.25) is 34.9 Å². The molecule has 0 saturated carbocycles. The number of thioether (sulfide) groups is 1. The fourth-order valence-corrected chi connectivity index (χ4v) is 4.11. The number of fused-ring (bicyclic) bond motifs is 1. The SMILES string of the molecule is Cc1cccc(/C=C2\SC(=O)N(CCC(=O)NNC(=O)C3COc4ccccc4O3)C2=O)c1. The molecule has 2 aromatic carbocycles. The first kappa shape index (κ1) is 22.4. The maximum Gasteiger partial charge on any atom is 0.293 e. The summed E-state index contributed by atoms with van der Waals surface area (Å²) < 4.78 is 11.0. The molecule has 1 atom stereocenters. The van der Waals surface area contributed by atoms with Crippen LogP contribution >= 0.6 is 11.8 Å². The molecule has 2 aromatic rings. The van der Waals surface area contributed by atoms with Crippen LogP contribution in [0.5, 0.6) is 11.5 Å². The molecule has 1 saturated heterocycles. The van der Waals surface area contributed by atoms with Crippen LogP contribution in [-0.2, 0) is 14.4 Å². The molecule has 9 nitrogen and oxygen atoms in total. The second-order valence-electron chi connectivity index (χ2n) is 7.40. The standard InChI is InChI=1S/C23H21N3O6S/c1-14-5-4-6-15(11-14)12-19-22(29)26(23(30)33-19)10-9-20(27)24-25-21(28)18-13-31-16-7-2-3-8-17(16)32-18/h2-8,11-12,18H,9-10,13H2,1H3,(H,24,27)(H,25,28)/b19-12-. The molecular formula is C23H21N3O6S. The Morgan fingerprint density at radius 3 is 2.70 bits per heavy atom. The molecule has 2 aliphatic heterocycles. The maximum absolute atomic E-state index is 12.6. The number of hydrogen-bond donors (Lipinski definition) is 2. The number of carbonyl (C=O) groups is 4. The van der Waals surface area contributed by atoms with E-state index in [0.717, 1.165) is 27.8 Å². The van der Waals surface area contributed by atoms with E-state index in [-0.39, 0.29) is 19.6 Å². The van der Waals surface area contributed by atoms with Crippen LogP contribution in [0.4, 0.5) is 4.79 Å². The van der Waals surface area contributed by atoms with Crippen LogP contribution in [0.2, 0.25) is 0 Å². The van der Waals surface area contributed by atoms with Gasteiger partial charge in [0.25, 0.3) is 17.1 Å². The molecule has 1 fully saturated rings. The van der Waals surface area contributed by atoms with E-state index in [2.05, 4.69) is 10.9 Å². The molecule has 0 aliphatic carbocycles. The van der Waals surface area contributed by atoms with Crippen molar-refractivity contribution in [3.8, 4) is 11.5 Å². The molecular weight excluding hydrogens is 446 g/mol. The highest BCUT2D eigenvalue weighted by Crippen LogP contribution is 2.32. The van der Waals surface area contributed by atoms with E-state index >= 15 is 0 Å². The van der Waals surface area contributed by atoms with E-state index in [1.54, 1.807) is 30.3 Å². The van der Waals surface area contributed by atoms with Gasteiger partial charge in [0, 0.05) is 13.0 Å². The molecule has 10 heteroatoms. The minimum absolute atomic E-state index is 0.00275. The zero-order chi connectivity index (χ0) is 23.4. The van der Waals surface area contributed by atoms with Crippen molar-refractivity contribution in [2.24, 2.45) is 0 Å². The van der Waals surface area contributed by atoms with E-state index in [9.17, 15) is 19.2 Å². The summed E-state index contributed by atoms with van der Waals surface area (Å²) in [5.41, 5.74) is 6.40. The number of para-hydroxylation sites is 2. The molecule has 0 aromatic heterocycles. The van der Waals surface area contributed by atoms with Crippen LogP contribution in [0.3, 0.4) is 0 Å². The predicted molar refractivity (Wildman–Crippen MR) is 121 cm³/mol. The summed E-state index contributed by atoms with van der Waals surface area (Å²) in [5.74, 6) is -0.602. The Kier molecular flexibility index (Phi) is 6.64. The first-order valence-electron chi connectivity index (χ1n) is 10.2. The Balaban J connectivity index is 1.25. The predicted octanol–water partition coefficient (Wildman–Crippen LogP) is 2.41. The lowest BCUT2D eigenvalue weighted by atomic mass is 10.1. The Labute approximate surface area is 194 Å². The summed E-state index contributed by atoms with van der Waals surface area (Å²) in [7, 11) is 0. The Bertz CT molecular complexity index is 1150. The Morgan fingerprint density at radius 1 is 1.12 bits per heavy atom. The minimum atomic E-state index is -0.923. The number of carbonyl (C=O) groups excluding carboxylic acids is 4. The van der Waals surface area contributed by atoms with Crippen LogP contribution in [0.15, 0.2) is 53.4 Å². The number of hydrazine groups is 1. The lowest BCUT2D eigenvalue weighted by molar-refractivity contribution is -0.135. The van der Waals surface area contributed by atoms with Crippen LogP contribution in [0.25, 0.3) is 6.08 Å². The Hall–Kier alpha value is -3.79. The molecule has 2 heterocycles. The largest absolute Gasteiger partial charge is 0.485 e. The maximum atomic E-state index is 12.6. The normalized spacial score (nSPS) is 18.4. The summed E-state index contributed by atoms with van der Waals surface area (Å²) in [6.07, 6.45) is 0.566. The topological polar surface area (TPSA) is 114 Å². The molecule has 0 spiro atoms. The highest BCUT2D eigenvalue weighted by atomic mass is 32.2. The molecule has 0 radical (unpaired) electrons. The van der Waals surface area contributed by atoms with Gasteiger partial charge < -0.3 is 9.47 Å². The molecule has 170 valence electrons. The van der Waals surface area contributed by atoms with E-state index in [1.165, 1.54) is 0 Å². The van der Waals surface area contributed by atoms with Crippen LogP contribution in [0, 0.1) is 6.92 Å². The van der Waals surface area contributed by atoms with Gasteiger partial charge in [-0.2, -0.15) is 0 Å². The van der Waals surface area contributed by atoms with Crippen molar-refractivity contribution in [3.63, 3.8) is 0 Å². The fourth-order valence-electron chi connectivity index (χ4n) is 3.24. The van der Waals surface area contributed by atoms with Crippen LogP contribution in [-0.4, -0.2) is 47.1 Å². The molecule has 33 heavy (non-hydrogen) atoms. The summed E-state index contributed by atoms with van der Waals surface area (Å²) in [5, 5.41) is -0.442. The van der Waals surface area contributed by atoms with Crippen molar-refractivity contribution in [1.29, 1.82) is 0 Å². The fraction of sp³-hybridized carbons (Fsp3) is 0.217. The number of ether oxygens (including phenoxy) is 2. The number of amides is 4. The summed E-state index contributed by atoms with van der Waals surface area (Å²) in [6.45, 7) is 1.84. The summed E-state index contributed by atoms with van der Waals surface area (Å²) in [6, 6.07) is 14.5. The van der Waals surface area contributed by atoms with E-state index in [0.29, 0.717) is 16.4 Å². The first-order chi connectivity index (χ1) is 15.9. The van der Waals surface area contributed by atoms with Gasteiger partial charge in [-0.25, -0.2) is 0 Å². The van der Waals surface area contributed by atoms with E-state index < -0.39 is 29.1 Å². The van der Waals surface area contributed by atoms with Crippen molar-refractivity contribution in [1.82, 2.24) is 15.8 Å². The Morgan fingerprint density at radius 2 is 1.91 bits per heavy atom. The van der Waals surface area contributed by atoms with Crippen molar-refractivity contribution in [2.75, 3.05) is 13.2 Å². The van der Waals surface area contributed by atoms with Crippen molar-refractivity contribution < 1.29 is 28.7 Å². The van der Waals surface area contributed by atoms with Gasteiger partial charge in [-0.15, -0.1) is 0 Å². The molecule has 4 rings (SSSR count). The zero-order valence-corrected chi connectivity index (χ0v) is 18.5. The lowest BCUT2D eigenvalue weighted by Gasteiger charge is -2.25. The molecule has 4 amide bonds. The second-order valence-corrected chi connectivity index (χ2v) is 8.39. The van der Waals surface area contributed by atoms with Crippen molar-refractivity contribution in [2.45, 2.75) is 19.4 Å². The van der Waals surface area contributed by atoms with Gasteiger partial charge in [0.05, 0.1) is 4.91 Å². The van der Waals surface area contributed by atoms with Gasteiger partial charge in [0.2, 0.25) is 12.0 Å². The van der Waals surface area contributed by atoms with Crippen LogP contribution in [0.1, 0.15) is 17.5 Å². The van der Waals surface area contributed by atoms with Gasteiger partial charge in [0.1, 0.15) is 6.61 Å². The number of nitrogens with zero attached hydrogens (tertiary/aromatic N) is 1. The monoisotopic (exact) mass is 467 g/mol. The highest BCUT2D eigenvalue weighted by molar-refractivity contribution is 8.18. The quantitative estimate of drug-likeness (QED) is 0.513. The van der Waals surface area contributed by atoms with Gasteiger partial charge >= 0.3 is 0 Å². The summed E-state index contributed by atoms with van der Waals surface area (Å²) in [4.78, 5) is 50.5. The van der Waals surface area contributed by atoms with Crippen molar-refractivity contribution in [3.05, 3.63) is 64.6 Å². The van der Waals surface area contributed by atoms with E-state index in [1.807, 2.05) is 31.2 Å². The number of imide groups is 1. The third kappa shape index (κ3) is 5.35. The van der Waals surface area contributed by atoms with Gasteiger partial charge in [-0.1, -0.05) is 42.0 Å². The highest BCUT2D eigenvalue weighted by Gasteiger charge is 2.35. The van der Waals surface area contributed by atoms with Gasteiger partial charge in [-0.05, 0) is 42.5 Å². The molecule has 1 unspecified atom stereocenters. The zero-order valence-electron chi connectivity index (χ0n) is 17.7. The van der Waals surface area contributed by atoms with Crippen LogP contribution < -0.4 is 20.3 Å². The smallest absolute Gasteiger partial charge is 0.293 e. The van der Waals surface area contributed by atoms with Gasteiger partial charge in [0.15, 0.2) is 11.5 Å².